The number of aryl methyl sites for hydroxylation is 2. The van der Waals surface area contributed by atoms with E-state index in [1.165, 1.54) is 6.07 Å². The lowest BCUT2D eigenvalue weighted by molar-refractivity contribution is -0.137. The highest BCUT2D eigenvalue weighted by atomic mass is 32.2. The Kier molecular flexibility index (Phi) is 5.34. The third kappa shape index (κ3) is 3.20. The maximum Gasteiger partial charge on any atom is 0.322 e. The van der Waals surface area contributed by atoms with E-state index in [2.05, 4.69) is 0 Å². The Balaban J connectivity index is 3.36. The number of benzene rings is 1. The Morgan fingerprint density at radius 1 is 1.15 bits per heavy atom. The zero-order chi connectivity index (χ0) is 15.5. The van der Waals surface area contributed by atoms with E-state index in [4.69, 9.17) is 0 Å². The minimum atomic E-state index is -3.86. The van der Waals surface area contributed by atoms with Crippen LogP contribution in [0.2, 0.25) is 0 Å². The van der Waals surface area contributed by atoms with Gasteiger partial charge in [0, 0.05) is 0 Å². The molecule has 0 saturated heterocycles. The van der Waals surface area contributed by atoms with Crippen LogP contribution in [-0.2, 0) is 14.6 Å². The van der Waals surface area contributed by atoms with Crippen LogP contribution in [0.3, 0.4) is 0 Å². The predicted octanol–water partition coefficient (Wildman–Crippen LogP) is 2.97. The smallest absolute Gasteiger partial charge is 0.322 e. The van der Waals surface area contributed by atoms with Crippen LogP contribution in [0, 0.1) is 19.8 Å². The molecule has 1 rings (SSSR count). The molecule has 1 aromatic carbocycles. The summed E-state index contributed by atoms with van der Waals surface area (Å²) >= 11 is 0. The maximum absolute atomic E-state index is 12.6. The summed E-state index contributed by atoms with van der Waals surface area (Å²) in [5.74, 6) is -1.64. The van der Waals surface area contributed by atoms with Crippen molar-refractivity contribution in [3.05, 3.63) is 29.3 Å². The first-order valence-corrected chi connectivity index (χ1v) is 8.34. The predicted molar refractivity (Wildman–Crippen MR) is 78.6 cm³/mol. The molecule has 0 aromatic heterocycles. The third-order valence-corrected chi connectivity index (χ3v) is 6.03. The van der Waals surface area contributed by atoms with Crippen LogP contribution in [-0.4, -0.2) is 24.7 Å². The molecule has 1 N–H and O–H groups in total. The lowest BCUT2D eigenvalue weighted by Gasteiger charge is -2.22. The number of sulfone groups is 1. The summed E-state index contributed by atoms with van der Waals surface area (Å²) in [6, 6.07) is 4.77. The van der Waals surface area contributed by atoms with Crippen LogP contribution in [0.4, 0.5) is 0 Å². The first-order valence-electron chi connectivity index (χ1n) is 6.79. The van der Waals surface area contributed by atoms with Gasteiger partial charge in [0.25, 0.3) is 0 Å². The molecule has 0 aliphatic carbocycles. The normalized spacial score (nSPS) is 13.4. The van der Waals surface area contributed by atoms with Crippen molar-refractivity contribution in [1.82, 2.24) is 0 Å². The summed E-state index contributed by atoms with van der Waals surface area (Å²) in [6.45, 7) is 7.35. The average molecular weight is 298 g/mol. The number of carbonyl (C=O) groups is 1. The Morgan fingerprint density at radius 2 is 1.70 bits per heavy atom. The molecule has 0 aliphatic rings. The molecule has 0 aliphatic heterocycles. The topological polar surface area (TPSA) is 71.4 Å². The number of carboxylic acid groups (broad SMARTS) is 1. The number of carboxylic acids is 1. The van der Waals surface area contributed by atoms with Gasteiger partial charge in [-0.05, 0) is 43.0 Å². The van der Waals surface area contributed by atoms with Gasteiger partial charge in [-0.3, -0.25) is 4.79 Å². The zero-order valence-electron chi connectivity index (χ0n) is 12.4. The Hall–Kier alpha value is -1.36. The Bertz CT molecular complexity index is 586. The third-order valence-electron chi connectivity index (χ3n) is 3.86. The van der Waals surface area contributed by atoms with Gasteiger partial charge >= 0.3 is 5.97 Å². The van der Waals surface area contributed by atoms with Crippen LogP contribution in [0.1, 0.15) is 37.8 Å². The zero-order valence-corrected chi connectivity index (χ0v) is 13.2. The number of hydrogen-bond donors (Lipinski definition) is 1. The second-order valence-electron chi connectivity index (χ2n) is 5.13. The number of hydrogen-bond acceptors (Lipinski definition) is 3. The molecule has 0 spiro atoms. The number of aliphatic carboxylic acids is 1. The fourth-order valence-electron chi connectivity index (χ4n) is 2.34. The van der Waals surface area contributed by atoms with Crippen molar-refractivity contribution >= 4 is 15.8 Å². The van der Waals surface area contributed by atoms with E-state index < -0.39 is 21.1 Å². The van der Waals surface area contributed by atoms with Crippen molar-refractivity contribution in [1.29, 1.82) is 0 Å². The Morgan fingerprint density at radius 3 is 2.10 bits per heavy atom. The molecule has 0 saturated carbocycles. The molecule has 112 valence electrons. The summed E-state index contributed by atoms with van der Waals surface area (Å²) < 4.78 is 25.2. The second-order valence-corrected chi connectivity index (χ2v) is 7.20. The maximum atomic E-state index is 12.6. The van der Waals surface area contributed by atoms with Crippen LogP contribution in [0.5, 0.6) is 0 Å². The molecule has 1 atom stereocenters. The quantitative estimate of drug-likeness (QED) is 0.876. The minimum absolute atomic E-state index is 0.0971. The molecule has 5 heteroatoms. The summed E-state index contributed by atoms with van der Waals surface area (Å²) in [6.07, 6.45) is 1.05. The molecular formula is C15H22O4S. The van der Waals surface area contributed by atoms with Crippen LogP contribution in [0.25, 0.3) is 0 Å². The molecule has 0 fully saturated rings. The minimum Gasteiger partial charge on any atom is -0.480 e. The molecule has 1 unspecified atom stereocenters. The van der Waals surface area contributed by atoms with Crippen LogP contribution in [0.15, 0.2) is 23.1 Å². The van der Waals surface area contributed by atoms with Crippen molar-refractivity contribution in [2.24, 2.45) is 5.92 Å². The van der Waals surface area contributed by atoms with E-state index in [0.29, 0.717) is 12.8 Å². The lowest BCUT2D eigenvalue weighted by atomic mass is 9.99. The molecule has 0 radical (unpaired) electrons. The van der Waals surface area contributed by atoms with Crippen LogP contribution < -0.4 is 0 Å². The molecule has 0 amide bonds. The van der Waals surface area contributed by atoms with E-state index >= 15 is 0 Å². The van der Waals surface area contributed by atoms with E-state index in [1.54, 1.807) is 12.1 Å². The summed E-state index contributed by atoms with van der Waals surface area (Å²) in [5.41, 5.74) is 1.83. The highest BCUT2D eigenvalue weighted by Gasteiger charge is 2.39. The fourth-order valence-corrected chi connectivity index (χ4v) is 4.39. The standard InChI is InChI=1S/C15H22O4S/c1-5-12(6-2)14(15(16)17)20(18,19)13-8-7-10(3)11(4)9-13/h7-9,12,14H,5-6H2,1-4H3,(H,16,17). The van der Waals surface area contributed by atoms with Gasteiger partial charge in [0.15, 0.2) is 15.1 Å². The van der Waals surface area contributed by atoms with Crippen molar-refractivity contribution in [3.63, 3.8) is 0 Å². The Labute approximate surface area is 120 Å². The van der Waals surface area contributed by atoms with Gasteiger partial charge in [-0.1, -0.05) is 32.8 Å². The van der Waals surface area contributed by atoms with Gasteiger partial charge < -0.3 is 5.11 Å². The van der Waals surface area contributed by atoms with Crippen LogP contribution >= 0.6 is 0 Å². The van der Waals surface area contributed by atoms with E-state index in [-0.39, 0.29) is 10.8 Å². The summed E-state index contributed by atoms with van der Waals surface area (Å²) in [7, 11) is -3.86. The molecule has 4 nitrogen and oxygen atoms in total. The van der Waals surface area contributed by atoms with E-state index in [9.17, 15) is 18.3 Å². The SMILES string of the molecule is CCC(CC)C(C(=O)O)S(=O)(=O)c1ccc(C)c(C)c1. The summed E-state index contributed by atoms with van der Waals surface area (Å²) in [4.78, 5) is 11.5. The average Bonchev–Trinajstić information content (AvgIpc) is 2.37. The van der Waals surface area contributed by atoms with E-state index in [1.807, 2.05) is 27.7 Å². The summed E-state index contributed by atoms with van der Waals surface area (Å²) in [5, 5.41) is 7.97. The highest BCUT2D eigenvalue weighted by molar-refractivity contribution is 7.92. The monoisotopic (exact) mass is 298 g/mol. The van der Waals surface area contributed by atoms with Gasteiger partial charge in [-0.15, -0.1) is 0 Å². The first-order chi connectivity index (χ1) is 9.25. The van der Waals surface area contributed by atoms with E-state index in [0.717, 1.165) is 11.1 Å². The van der Waals surface area contributed by atoms with Gasteiger partial charge in [0.05, 0.1) is 4.90 Å². The van der Waals surface area contributed by atoms with Crippen molar-refractivity contribution in [2.75, 3.05) is 0 Å². The largest absolute Gasteiger partial charge is 0.480 e. The second kappa shape index (κ2) is 6.39. The van der Waals surface area contributed by atoms with Crippen molar-refractivity contribution < 1.29 is 18.3 Å². The first kappa shape index (κ1) is 16.7. The highest BCUT2D eigenvalue weighted by Crippen LogP contribution is 2.27. The molecule has 1 aromatic rings. The molecule has 0 heterocycles. The molecule has 0 bridgehead atoms. The molecular weight excluding hydrogens is 276 g/mol. The fraction of sp³-hybridized carbons (Fsp3) is 0.533. The van der Waals surface area contributed by atoms with Crippen molar-refractivity contribution in [3.8, 4) is 0 Å². The molecule has 20 heavy (non-hydrogen) atoms. The van der Waals surface area contributed by atoms with Gasteiger partial charge in [-0.2, -0.15) is 0 Å². The number of rotatable bonds is 6. The van der Waals surface area contributed by atoms with Crippen molar-refractivity contribution in [2.45, 2.75) is 50.7 Å². The van der Waals surface area contributed by atoms with Gasteiger partial charge in [0.1, 0.15) is 0 Å². The van der Waals surface area contributed by atoms with Gasteiger partial charge in [-0.25, -0.2) is 8.42 Å². The van der Waals surface area contributed by atoms with Gasteiger partial charge in [0.2, 0.25) is 0 Å². The lowest BCUT2D eigenvalue weighted by Crippen LogP contribution is -2.37.